The minimum absolute atomic E-state index is 0.189. The molecule has 36 heavy (non-hydrogen) atoms. The molecule has 3 aromatic rings. The molecule has 1 amide bonds. The number of fused-ring (bicyclic) bond motifs is 2. The molecule has 1 aliphatic heterocycles. The lowest BCUT2D eigenvalue weighted by atomic mass is 9.97. The second kappa shape index (κ2) is 10.3. The molecule has 0 saturated carbocycles. The molecule has 1 aromatic heterocycles. The van der Waals surface area contributed by atoms with Crippen molar-refractivity contribution < 1.29 is 23.9 Å². The monoisotopic (exact) mass is 484 g/mol. The first kappa shape index (κ1) is 23.7. The van der Waals surface area contributed by atoms with Gasteiger partial charge in [-0.1, -0.05) is 48.5 Å². The zero-order valence-corrected chi connectivity index (χ0v) is 20.2. The first-order valence-corrected chi connectivity index (χ1v) is 12.3. The van der Waals surface area contributed by atoms with Crippen LogP contribution in [0, 0.1) is 5.92 Å². The van der Waals surface area contributed by atoms with Gasteiger partial charge in [0.1, 0.15) is 0 Å². The van der Waals surface area contributed by atoms with Crippen molar-refractivity contribution in [2.45, 2.75) is 25.7 Å². The highest BCUT2D eigenvalue weighted by Gasteiger charge is 2.30. The fourth-order valence-electron chi connectivity index (χ4n) is 5.08. The maximum absolute atomic E-state index is 13.3. The molecule has 2 heterocycles. The molecule has 0 atom stereocenters. The number of allylic oxidation sites excluding steroid dienone is 1. The first-order chi connectivity index (χ1) is 17.5. The Morgan fingerprint density at radius 2 is 1.72 bits per heavy atom. The van der Waals surface area contributed by atoms with Crippen molar-refractivity contribution in [2.75, 3.05) is 26.8 Å². The van der Waals surface area contributed by atoms with Gasteiger partial charge in [0, 0.05) is 18.5 Å². The number of esters is 2. The van der Waals surface area contributed by atoms with Crippen LogP contribution in [0.2, 0.25) is 0 Å². The Morgan fingerprint density at radius 3 is 2.47 bits per heavy atom. The number of benzene rings is 2. The van der Waals surface area contributed by atoms with E-state index in [0.717, 1.165) is 39.7 Å². The fraction of sp³-hybridized carbons (Fsp3) is 0.310. The van der Waals surface area contributed by atoms with Crippen molar-refractivity contribution in [1.29, 1.82) is 0 Å². The summed E-state index contributed by atoms with van der Waals surface area (Å²) in [5.41, 5.74) is 5.07. The highest BCUT2D eigenvalue weighted by atomic mass is 16.5. The van der Waals surface area contributed by atoms with Gasteiger partial charge in [0.15, 0.2) is 6.61 Å². The summed E-state index contributed by atoms with van der Waals surface area (Å²) in [5, 5.41) is 0.730. The van der Waals surface area contributed by atoms with Crippen LogP contribution in [0.5, 0.6) is 0 Å². The van der Waals surface area contributed by atoms with Gasteiger partial charge in [0.05, 0.1) is 29.8 Å². The summed E-state index contributed by atoms with van der Waals surface area (Å²) in [4.78, 5) is 44.4. The molecule has 7 nitrogen and oxygen atoms in total. The van der Waals surface area contributed by atoms with Crippen molar-refractivity contribution in [1.82, 2.24) is 9.88 Å². The first-order valence-electron chi connectivity index (χ1n) is 12.3. The van der Waals surface area contributed by atoms with E-state index in [2.05, 4.69) is 6.08 Å². The van der Waals surface area contributed by atoms with E-state index >= 15 is 0 Å². The normalized spacial score (nSPS) is 16.7. The lowest BCUT2D eigenvalue weighted by molar-refractivity contribution is -0.149. The fourth-order valence-corrected chi connectivity index (χ4v) is 5.08. The van der Waals surface area contributed by atoms with Crippen LogP contribution in [0.1, 0.15) is 46.4 Å². The number of methoxy groups -OCH3 is 1. The molecule has 0 unspecified atom stereocenters. The third-order valence-corrected chi connectivity index (χ3v) is 7.00. The Labute approximate surface area is 209 Å². The highest BCUT2D eigenvalue weighted by molar-refractivity contribution is 6.07. The topological polar surface area (TPSA) is 85.8 Å². The average Bonchev–Trinajstić information content (AvgIpc) is 3.32. The molecule has 2 aromatic carbocycles. The summed E-state index contributed by atoms with van der Waals surface area (Å²) in [6.07, 6.45) is 4.67. The number of para-hydroxylation sites is 1. The second-order valence-corrected chi connectivity index (χ2v) is 9.17. The van der Waals surface area contributed by atoms with E-state index in [1.165, 1.54) is 7.11 Å². The lowest BCUT2D eigenvalue weighted by Crippen LogP contribution is -2.42. The third kappa shape index (κ3) is 4.73. The second-order valence-electron chi connectivity index (χ2n) is 9.17. The van der Waals surface area contributed by atoms with E-state index in [4.69, 9.17) is 14.5 Å². The van der Waals surface area contributed by atoms with Crippen molar-refractivity contribution in [2.24, 2.45) is 5.92 Å². The van der Waals surface area contributed by atoms with Gasteiger partial charge in [-0.15, -0.1) is 0 Å². The van der Waals surface area contributed by atoms with Crippen LogP contribution in [0.3, 0.4) is 0 Å². The van der Waals surface area contributed by atoms with Crippen LogP contribution in [0.25, 0.3) is 22.6 Å². The number of rotatable bonds is 5. The molecule has 1 aliphatic carbocycles. The summed E-state index contributed by atoms with van der Waals surface area (Å²) < 4.78 is 10.4. The smallest absolute Gasteiger partial charge is 0.339 e. The van der Waals surface area contributed by atoms with E-state index in [1.807, 2.05) is 54.6 Å². The van der Waals surface area contributed by atoms with Gasteiger partial charge < -0.3 is 14.4 Å². The molecule has 0 bridgehead atoms. The molecule has 1 saturated heterocycles. The van der Waals surface area contributed by atoms with Crippen LogP contribution in [0.4, 0.5) is 0 Å². The quantitative estimate of drug-likeness (QED) is 0.502. The minimum Gasteiger partial charge on any atom is -0.469 e. The summed E-state index contributed by atoms with van der Waals surface area (Å²) in [6, 6.07) is 17.6. The third-order valence-electron chi connectivity index (χ3n) is 7.00. The van der Waals surface area contributed by atoms with Gasteiger partial charge >= 0.3 is 11.9 Å². The number of carbonyl (C=O) groups is 3. The summed E-state index contributed by atoms with van der Waals surface area (Å²) in [5.74, 6) is -1.20. The van der Waals surface area contributed by atoms with Crippen LogP contribution < -0.4 is 0 Å². The zero-order valence-electron chi connectivity index (χ0n) is 20.2. The van der Waals surface area contributed by atoms with E-state index in [9.17, 15) is 14.4 Å². The SMILES string of the molecule is COC(=O)C1CCN(C(=O)COC(=O)c2c3c(nc4ccccc24)/C(=C/c2ccccc2)CC3)CC1. The maximum atomic E-state index is 13.3. The number of aromatic nitrogens is 1. The zero-order chi connectivity index (χ0) is 25.1. The molecule has 7 heteroatoms. The van der Waals surface area contributed by atoms with Crippen LogP contribution in [0.15, 0.2) is 54.6 Å². The number of ether oxygens (including phenoxy) is 2. The maximum Gasteiger partial charge on any atom is 0.339 e. The number of amides is 1. The van der Waals surface area contributed by atoms with E-state index in [1.54, 1.807) is 4.90 Å². The Balaban J connectivity index is 1.36. The van der Waals surface area contributed by atoms with Crippen molar-refractivity contribution >= 4 is 40.4 Å². The van der Waals surface area contributed by atoms with Crippen LogP contribution in [-0.2, 0) is 25.5 Å². The minimum atomic E-state index is -0.511. The number of carbonyl (C=O) groups excluding carboxylic acids is 3. The number of pyridine rings is 1. The molecular weight excluding hydrogens is 456 g/mol. The predicted molar refractivity (Wildman–Crippen MR) is 136 cm³/mol. The number of nitrogens with zero attached hydrogens (tertiary/aromatic N) is 2. The highest BCUT2D eigenvalue weighted by Crippen LogP contribution is 2.37. The van der Waals surface area contributed by atoms with Crippen LogP contribution >= 0.6 is 0 Å². The van der Waals surface area contributed by atoms with Crippen LogP contribution in [-0.4, -0.2) is 54.5 Å². The Morgan fingerprint density at radius 1 is 1.00 bits per heavy atom. The Hall–Kier alpha value is -4.00. The van der Waals surface area contributed by atoms with Gasteiger partial charge in [-0.25, -0.2) is 9.78 Å². The van der Waals surface area contributed by atoms with Gasteiger partial charge in [-0.3, -0.25) is 9.59 Å². The summed E-state index contributed by atoms with van der Waals surface area (Å²) in [6.45, 7) is 0.550. The van der Waals surface area contributed by atoms with E-state index < -0.39 is 5.97 Å². The lowest BCUT2D eigenvalue weighted by Gasteiger charge is -2.30. The van der Waals surface area contributed by atoms with Crippen molar-refractivity contribution in [3.63, 3.8) is 0 Å². The molecule has 5 rings (SSSR count). The molecule has 184 valence electrons. The number of hydrogen-bond donors (Lipinski definition) is 0. The van der Waals surface area contributed by atoms with Gasteiger partial charge in [-0.2, -0.15) is 0 Å². The standard InChI is InChI=1S/C29H28N2O5/c1-35-28(33)20-13-15-31(16-14-20)25(32)18-36-29(34)26-22-9-5-6-10-24(22)30-27-21(11-12-23(26)27)17-19-7-3-2-4-8-19/h2-10,17,20H,11-16,18H2,1H3/b21-17+. The molecule has 0 radical (unpaired) electrons. The largest absolute Gasteiger partial charge is 0.469 e. The molecule has 0 spiro atoms. The summed E-state index contributed by atoms with van der Waals surface area (Å²) >= 11 is 0. The predicted octanol–water partition coefficient (Wildman–Crippen LogP) is 4.29. The molecule has 2 aliphatic rings. The van der Waals surface area contributed by atoms with Gasteiger partial charge in [0.2, 0.25) is 0 Å². The number of hydrogen-bond acceptors (Lipinski definition) is 6. The Kier molecular flexibility index (Phi) is 6.80. The number of piperidine rings is 1. The van der Waals surface area contributed by atoms with Crippen molar-refractivity contribution in [3.05, 3.63) is 77.0 Å². The van der Waals surface area contributed by atoms with E-state index in [0.29, 0.717) is 37.9 Å². The van der Waals surface area contributed by atoms with Crippen molar-refractivity contribution in [3.8, 4) is 0 Å². The Bertz CT molecular complexity index is 1340. The van der Waals surface area contributed by atoms with E-state index in [-0.39, 0.29) is 24.4 Å². The molecular formula is C29H28N2O5. The van der Waals surface area contributed by atoms with Gasteiger partial charge in [0.25, 0.3) is 5.91 Å². The molecule has 1 fully saturated rings. The number of likely N-dealkylation sites (tertiary alicyclic amines) is 1. The molecule has 0 N–H and O–H groups in total. The summed E-state index contributed by atoms with van der Waals surface area (Å²) in [7, 11) is 1.37. The average molecular weight is 485 g/mol. The van der Waals surface area contributed by atoms with Gasteiger partial charge in [-0.05, 0) is 54.5 Å².